The number of rotatable bonds is 1. The van der Waals surface area contributed by atoms with Gasteiger partial charge >= 0.3 is 5.97 Å². The molecule has 1 atom stereocenters. The van der Waals surface area contributed by atoms with E-state index >= 15 is 0 Å². The lowest BCUT2D eigenvalue weighted by Gasteiger charge is -2.31. The summed E-state index contributed by atoms with van der Waals surface area (Å²) in [4.78, 5) is 15.6. The van der Waals surface area contributed by atoms with Crippen molar-refractivity contribution in [3.63, 3.8) is 0 Å². The monoisotopic (exact) mass is 264 g/mol. The zero-order valence-electron chi connectivity index (χ0n) is 12.5. The Bertz CT molecular complexity index is 416. The minimum atomic E-state index is -0.146. The Morgan fingerprint density at radius 1 is 1.26 bits per heavy atom. The van der Waals surface area contributed by atoms with Crippen molar-refractivity contribution in [1.82, 2.24) is 9.80 Å². The highest BCUT2D eigenvalue weighted by Gasteiger charge is 2.29. The first-order chi connectivity index (χ1) is 8.95. The summed E-state index contributed by atoms with van der Waals surface area (Å²) >= 11 is 0. The van der Waals surface area contributed by atoms with Crippen LogP contribution in [0.4, 0.5) is 0 Å². The number of nitrogens with zero attached hydrogens (tertiary/aromatic N) is 2. The van der Waals surface area contributed by atoms with Gasteiger partial charge in [-0.25, -0.2) is 0 Å². The molecule has 1 unspecified atom stereocenters. The second-order valence-electron chi connectivity index (χ2n) is 5.27. The fraction of sp³-hybridized carbons (Fsp3) is 0.533. The highest BCUT2D eigenvalue weighted by Crippen LogP contribution is 2.22. The number of hydrogen-bond donors (Lipinski definition) is 0. The van der Waals surface area contributed by atoms with E-state index in [0.717, 1.165) is 13.0 Å². The van der Waals surface area contributed by atoms with Gasteiger partial charge in [-0.15, -0.1) is 0 Å². The number of hydrogen-bond acceptors (Lipinski definition) is 4. The lowest BCUT2D eigenvalue weighted by Crippen LogP contribution is -2.43. The molecule has 4 heteroatoms. The van der Waals surface area contributed by atoms with Gasteiger partial charge in [0.15, 0.2) is 0 Å². The van der Waals surface area contributed by atoms with Gasteiger partial charge in [-0.1, -0.05) is 24.3 Å². The van der Waals surface area contributed by atoms with Crippen molar-refractivity contribution in [3.8, 4) is 0 Å². The minimum absolute atomic E-state index is 0.134. The van der Waals surface area contributed by atoms with Crippen molar-refractivity contribution in [2.24, 2.45) is 0 Å². The van der Waals surface area contributed by atoms with E-state index in [1.165, 1.54) is 18.2 Å². The summed E-state index contributed by atoms with van der Waals surface area (Å²) < 4.78 is 4.79. The average Bonchev–Trinajstić information content (AvgIpc) is 2.36. The molecule has 1 aromatic rings. The van der Waals surface area contributed by atoms with Gasteiger partial charge < -0.3 is 9.64 Å². The van der Waals surface area contributed by atoms with E-state index in [2.05, 4.69) is 12.1 Å². The third-order valence-corrected chi connectivity index (χ3v) is 2.96. The quantitative estimate of drug-likeness (QED) is 0.718. The lowest BCUT2D eigenvalue weighted by atomic mass is 9.94. The molecule has 0 amide bonds. The van der Waals surface area contributed by atoms with Crippen molar-refractivity contribution >= 4 is 5.97 Å². The van der Waals surface area contributed by atoms with Crippen LogP contribution in [-0.4, -0.2) is 57.1 Å². The largest absolute Gasteiger partial charge is 0.468 e. The second-order valence-corrected chi connectivity index (χ2v) is 5.27. The van der Waals surface area contributed by atoms with Gasteiger partial charge in [0, 0.05) is 6.54 Å². The Balaban J connectivity index is 0.000000399. The molecule has 1 aliphatic heterocycles. The smallest absolute Gasteiger partial charge is 0.323 e. The molecular weight excluding hydrogens is 240 g/mol. The van der Waals surface area contributed by atoms with Crippen LogP contribution in [0.25, 0.3) is 0 Å². The van der Waals surface area contributed by atoms with Crippen LogP contribution in [0.3, 0.4) is 0 Å². The molecule has 0 aromatic heterocycles. The molecule has 106 valence electrons. The van der Waals surface area contributed by atoms with E-state index in [1.54, 1.807) is 0 Å². The first-order valence-electron chi connectivity index (χ1n) is 6.41. The molecule has 1 aliphatic rings. The molecule has 0 N–H and O–H groups in total. The van der Waals surface area contributed by atoms with Crippen molar-refractivity contribution in [2.45, 2.75) is 19.0 Å². The van der Waals surface area contributed by atoms with Crippen LogP contribution in [0, 0.1) is 0 Å². The molecule has 0 radical (unpaired) electrons. The van der Waals surface area contributed by atoms with Crippen LogP contribution in [-0.2, 0) is 22.5 Å². The summed E-state index contributed by atoms with van der Waals surface area (Å²) in [6, 6.07) is 8.10. The Kier molecular flexibility index (Phi) is 5.99. The van der Waals surface area contributed by atoms with Gasteiger partial charge in [-0.2, -0.15) is 0 Å². The highest BCUT2D eigenvalue weighted by atomic mass is 16.5. The molecule has 1 aromatic carbocycles. The first kappa shape index (κ1) is 15.7. The fourth-order valence-corrected chi connectivity index (χ4v) is 2.05. The normalized spacial score (nSPS) is 18.3. The maximum absolute atomic E-state index is 11.5. The van der Waals surface area contributed by atoms with E-state index in [4.69, 9.17) is 4.74 Å². The van der Waals surface area contributed by atoms with E-state index in [1.807, 2.05) is 50.1 Å². The van der Waals surface area contributed by atoms with Gasteiger partial charge in [-0.3, -0.25) is 9.69 Å². The molecular formula is C15H24N2O2. The molecule has 0 fully saturated rings. The number of methoxy groups -OCH3 is 1. The molecule has 0 aliphatic carbocycles. The Morgan fingerprint density at radius 2 is 1.79 bits per heavy atom. The second kappa shape index (κ2) is 7.26. The van der Waals surface area contributed by atoms with Gasteiger partial charge in [0.05, 0.1) is 7.11 Å². The first-order valence-corrected chi connectivity index (χ1v) is 6.41. The summed E-state index contributed by atoms with van der Waals surface area (Å²) in [6.45, 7) is 0.815. The van der Waals surface area contributed by atoms with Crippen LogP contribution in [0.5, 0.6) is 0 Å². The molecule has 0 saturated carbocycles. The van der Waals surface area contributed by atoms with Gasteiger partial charge in [0.1, 0.15) is 6.04 Å². The van der Waals surface area contributed by atoms with E-state index in [9.17, 15) is 4.79 Å². The number of benzene rings is 1. The van der Waals surface area contributed by atoms with Crippen LogP contribution in [0.15, 0.2) is 24.3 Å². The maximum atomic E-state index is 11.5. The molecule has 1 heterocycles. The predicted molar refractivity (Wildman–Crippen MR) is 77.0 cm³/mol. The summed E-state index contributed by atoms with van der Waals surface area (Å²) in [6.07, 6.45) is 0.749. The van der Waals surface area contributed by atoms with E-state index in [-0.39, 0.29) is 12.0 Å². The maximum Gasteiger partial charge on any atom is 0.323 e. The van der Waals surface area contributed by atoms with Crippen molar-refractivity contribution < 1.29 is 9.53 Å². The fourth-order valence-electron chi connectivity index (χ4n) is 2.05. The number of carbonyl (C=O) groups excluding carboxylic acids is 1. The van der Waals surface area contributed by atoms with Crippen molar-refractivity contribution in [3.05, 3.63) is 35.4 Å². The molecule has 4 nitrogen and oxygen atoms in total. The molecule has 0 spiro atoms. The zero-order chi connectivity index (χ0) is 14.4. The standard InChI is InChI=1S/C12H15NO2.C3H9N/c1-13-8-10-6-4-3-5-9(10)7-11(13)12(14)15-2;1-4(2)3/h3-6,11H,7-8H2,1-2H3;1-3H3. The van der Waals surface area contributed by atoms with Gasteiger partial charge in [0.2, 0.25) is 0 Å². The third-order valence-electron chi connectivity index (χ3n) is 2.96. The summed E-state index contributed by atoms with van der Waals surface area (Å²) in [5.74, 6) is -0.146. The van der Waals surface area contributed by atoms with E-state index < -0.39 is 0 Å². The Labute approximate surface area is 116 Å². The van der Waals surface area contributed by atoms with Crippen molar-refractivity contribution in [1.29, 1.82) is 0 Å². The van der Waals surface area contributed by atoms with Gasteiger partial charge in [0.25, 0.3) is 0 Å². The number of fused-ring (bicyclic) bond motifs is 1. The van der Waals surface area contributed by atoms with Crippen LogP contribution < -0.4 is 0 Å². The highest BCUT2D eigenvalue weighted by molar-refractivity contribution is 5.76. The Morgan fingerprint density at radius 3 is 2.32 bits per heavy atom. The minimum Gasteiger partial charge on any atom is -0.468 e. The van der Waals surface area contributed by atoms with Gasteiger partial charge in [-0.05, 0) is 45.7 Å². The predicted octanol–water partition coefficient (Wildman–Crippen LogP) is 1.39. The summed E-state index contributed by atoms with van der Waals surface area (Å²) in [5.41, 5.74) is 2.56. The van der Waals surface area contributed by atoms with Crippen LogP contribution in [0.2, 0.25) is 0 Å². The van der Waals surface area contributed by atoms with Crippen LogP contribution >= 0.6 is 0 Å². The molecule has 2 rings (SSSR count). The Hall–Kier alpha value is -1.39. The number of likely N-dealkylation sites (N-methyl/N-ethyl adjacent to an activating group) is 1. The lowest BCUT2D eigenvalue weighted by molar-refractivity contribution is -0.147. The molecule has 0 bridgehead atoms. The number of carbonyl (C=O) groups is 1. The third kappa shape index (κ3) is 4.65. The summed E-state index contributed by atoms with van der Waals surface area (Å²) in [5, 5.41) is 0. The molecule has 19 heavy (non-hydrogen) atoms. The summed E-state index contributed by atoms with van der Waals surface area (Å²) in [7, 11) is 9.40. The number of esters is 1. The SMILES string of the molecule is CN(C)C.COC(=O)C1Cc2ccccc2CN1C. The van der Waals surface area contributed by atoms with Crippen molar-refractivity contribution in [2.75, 3.05) is 35.3 Å². The number of ether oxygens (including phenoxy) is 1. The topological polar surface area (TPSA) is 32.8 Å². The van der Waals surface area contributed by atoms with E-state index in [0.29, 0.717) is 0 Å². The average molecular weight is 264 g/mol. The van der Waals surface area contributed by atoms with Crippen LogP contribution in [0.1, 0.15) is 11.1 Å². The zero-order valence-corrected chi connectivity index (χ0v) is 12.5. The molecule has 0 saturated heterocycles.